The van der Waals surface area contributed by atoms with Crippen LogP contribution >= 0.6 is 11.8 Å². The molecule has 1 aliphatic rings. The first-order valence-electron chi connectivity index (χ1n) is 10.5. The third-order valence-corrected chi connectivity index (χ3v) is 6.18. The Bertz CT molecular complexity index is 1030. The normalized spacial score (nSPS) is 13.8. The molecule has 0 spiro atoms. The first kappa shape index (κ1) is 21.2. The summed E-state index contributed by atoms with van der Waals surface area (Å²) in [5.74, 6) is 1.70. The topological polar surface area (TPSA) is 72.3 Å². The molecule has 162 valence electrons. The molecular weight excluding hydrogens is 410 g/mol. The SMILES string of the molecule is COc1ccccc1-n1c(SCC(=O)Nc2ccc(C)cc2)nnc1N1CCCCC1. The highest BCUT2D eigenvalue weighted by Crippen LogP contribution is 2.32. The van der Waals surface area contributed by atoms with Gasteiger partial charge in [0, 0.05) is 18.8 Å². The number of aryl methyl sites for hydroxylation is 1. The number of amides is 1. The Balaban J connectivity index is 1.57. The van der Waals surface area contributed by atoms with Crippen LogP contribution in [0, 0.1) is 6.92 Å². The van der Waals surface area contributed by atoms with Crippen LogP contribution in [0.5, 0.6) is 5.75 Å². The number of methoxy groups -OCH3 is 1. The van der Waals surface area contributed by atoms with E-state index in [4.69, 9.17) is 4.74 Å². The number of benzene rings is 2. The van der Waals surface area contributed by atoms with Gasteiger partial charge < -0.3 is 15.0 Å². The lowest BCUT2D eigenvalue weighted by Gasteiger charge is -2.28. The highest BCUT2D eigenvalue weighted by Gasteiger charge is 2.23. The van der Waals surface area contributed by atoms with E-state index in [1.807, 2.05) is 60.0 Å². The molecule has 1 aliphatic heterocycles. The summed E-state index contributed by atoms with van der Waals surface area (Å²) in [4.78, 5) is 14.8. The van der Waals surface area contributed by atoms with Crippen molar-refractivity contribution in [3.63, 3.8) is 0 Å². The van der Waals surface area contributed by atoms with Crippen LogP contribution in [0.25, 0.3) is 5.69 Å². The number of hydrogen-bond acceptors (Lipinski definition) is 6. The van der Waals surface area contributed by atoms with Crippen molar-refractivity contribution in [2.75, 3.05) is 36.2 Å². The predicted octanol–water partition coefficient (Wildman–Crippen LogP) is 4.31. The van der Waals surface area contributed by atoms with Gasteiger partial charge in [0.05, 0.1) is 18.6 Å². The van der Waals surface area contributed by atoms with Crippen LogP contribution in [0.2, 0.25) is 0 Å². The van der Waals surface area contributed by atoms with Gasteiger partial charge in [-0.1, -0.05) is 41.6 Å². The molecule has 0 unspecified atom stereocenters. The second kappa shape index (κ2) is 9.87. The second-order valence-corrected chi connectivity index (χ2v) is 8.48. The number of hydrogen-bond donors (Lipinski definition) is 1. The van der Waals surface area contributed by atoms with Crippen molar-refractivity contribution in [3.8, 4) is 11.4 Å². The summed E-state index contributed by atoms with van der Waals surface area (Å²) >= 11 is 1.37. The minimum Gasteiger partial charge on any atom is -0.495 e. The second-order valence-electron chi connectivity index (χ2n) is 7.54. The molecule has 3 aromatic rings. The molecule has 7 nitrogen and oxygen atoms in total. The van der Waals surface area contributed by atoms with Crippen LogP contribution in [0.3, 0.4) is 0 Å². The van der Waals surface area contributed by atoms with Crippen molar-refractivity contribution in [1.29, 1.82) is 0 Å². The number of para-hydroxylation sites is 2. The summed E-state index contributed by atoms with van der Waals surface area (Å²) in [5.41, 5.74) is 2.82. The molecule has 1 fully saturated rings. The fraction of sp³-hybridized carbons (Fsp3) is 0.348. The zero-order valence-corrected chi connectivity index (χ0v) is 18.7. The number of rotatable bonds is 7. The van der Waals surface area contributed by atoms with Crippen LogP contribution in [-0.4, -0.2) is 46.6 Å². The van der Waals surface area contributed by atoms with Crippen molar-refractivity contribution in [3.05, 3.63) is 54.1 Å². The number of ether oxygens (including phenoxy) is 1. The fourth-order valence-corrected chi connectivity index (χ4v) is 4.38. The highest BCUT2D eigenvalue weighted by atomic mass is 32.2. The summed E-state index contributed by atoms with van der Waals surface area (Å²) in [6.45, 7) is 3.92. The summed E-state index contributed by atoms with van der Waals surface area (Å²) < 4.78 is 7.61. The van der Waals surface area contributed by atoms with E-state index in [9.17, 15) is 4.79 Å². The average Bonchev–Trinajstić information content (AvgIpc) is 3.23. The quantitative estimate of drug-likeness (QED) is 0.556. The van der Waals surface area contributed by atoms with E-state index in [1.165, 1.54) is 18.2 Å². The Morgan fingerprint density at radius 2 is 1.81 bits per heavy atom. The van der Waals surface area contributed by atoms with Gasteiger partial charge in [-0.05, 0) is 50.5 Å². The molecule has 1 amide bonds. The predicted molar refractivity (Wildman–Crippen MR) is 125 cm³/mol. The number of nitrogens with one attached hydrogen (secondary N) is 1. The maximum Gasteiger partial charge on any atom is 0.234 e. The van der Waals surface area contributed by atoms with E-state index in [0.717, 1.165) is 54.6 Å². The number of carbonyl (C=O) groups is 1. The molecular formula is C23H27N5O2S. The van der Waals surface area contributed by atoms with Crippen molar-refractivity contribution < 1.29 is 9.53 Å². The van der Waals surface area contributed by atoms with Crippen LogP contribution in [0.4, 0.5) is 11.6 Å². The van der Waals surface area contributed by atoms with E-state index in [-0.39, 0.29) is 11.7 Å². The summed E-state index contributed by atoms with van der Waals surface area (Å²) in [7, 11) is 1.66. The summed E-state index contributed by atoms with van der Waals surface area (Å²) in [6.07, 6.45) is 3.51. The fourth-order valence-electron chi connectivity index (χ4n) is 3.64. The third kappa shape index (κ3) is 5.02. The van der Waals surface area contributed by atoms with Gasteiger partial charge in [-0.2, -0.15) is 0 Å². The van der Waals surface area contributed by atoms with E-state index in [0.29, 0.717) is 5.16 Å². The highest BCUT2D eigenvalue weighted by molar-refractivity contribution is 7.99. The molecule has 1 saturated heterocycles. The summed E-state index contributed by atoms with van der Waals surface area (Å²) in [6, 6.07) is 15.6. The van der Waals surface area contributed by atoms with Gasteiger partial charge in [0.15, 0.2) is 5.16 Å². The average molecular weight is 438 g/mol. The van der Waals surface area contributed by atoms with Gasteiger partial charge in [-0.15, -0.1) is 10.2 Å². The van der Waals surface area contributed by atoms with Gasteiger partial charge in [0.25, 0.3) is 0 Å². The van der Waals surface area contributed by atoms with Crippen LogP contribution in [0.1, 0.15) is 24.8 Å². The number of piperidine rings is 1. The number of nitrogens with zero attached hydrogens (tertiary/aromatic N) is 4. The Morgan fingerprint density at radius 1 is 1.06 bits per heavy atom. The molecule has 0 radical (unpaired) electrons. The van der Waals surface area contributed by atoms with Gasteiger partial charge in [0.2, 0.25) is 11.9 Å². The van der Waals surface area contributed by atoms with Gasteiger partial charge in [-0.25, -0.2) is 0 Å². The first-order chi connectivity index (χ1) is 15.2. The summed E-state index contributed by atoms with van der Waals surface area (Å²) in [5, 5.41) is 12.5. The molecule has 4 rings (SSSR count). The Morgan fingerprint density at radius 3 is 2.55 bits per heavy atom. The lowest BCUT2D eigenvalue weighted by molar-refractivity contribution is -0.113. The first-order valence-corrected chi connectivity index (χ1v) is 11.5. The van der Waals surface area contributed by atoms with Crippen LogP contribution < -0.4 is 15.0 Å². The molecule has 2 aromatic carbocycles. The monoisotopic (exact) mass is 437 g/mol. The van der Waals surface area contributed by atoms with Crippen molar-refractivity contribution >= 4 is 29.3 Å². The van der Waals surface area contributed by atoms with Gasteiger partial charge in [0.1, 0.15) is 5.75 Å². The van der Waals surface area contributed by atoms with Crippen molar-refractivity contribution in [1.82, 2.24) is 14.8 Å². The number of aromatic nitrogens is 3. The molecule has 0 aliphatic carbocycles. The molecule has 0 atom stereocenters. The minimum atomic E-state index is -0.0806. The Hall–Kier alpha value is -3.00. The maximum atomic E-state index is 12.5. The maximum absolute atomic E-state index is 12.5. The van der Waals surface area contributed by atoms with Gasteiger partial charge in [-0.3, -0.25) is 9.36 Å². The Kier molecular flexibility index (Phi) is 6.76. The zero-order valence-electron chi connectivity index (χ0n) is 17.9. The van der Waals surface area contributed by atoms with Gasteiger partial charge >= 0.3 is 0 Å². The number of thioether (sulfide) groups is 1. The van der Waals surface area contributed by atoms with E-state index in [2.05, 4.69) is 20.4 Å². The lowest BCUT2D eigenvalue weighted by atomic mass is 10.1. The zero-order chi connectivity index (χ0) is 21.6. The van der Waals surface area contributed by atoms with E-state index in [1.54, 1.807) is 7.11 Å². The molecule has 0 bridgehead atoms. The molecule has 2 heterocycles. The Labute approximate surface area is 186 Å². The van der Waals surface area contributed by atoms with E-state index >= 15 is 0 Å². The smallest absolute Gasteiger partial charge is 0.234 e. The van der Waals surface area contributed by atoms with Crippen molar-refractivity contribution in [2.24, 2.45) is 0 Å². The molecule has 8 heteroatoms. The molecule has 1 N–H and O–H groups in total. The number of anilines is 2. The number of carbonyl (C=O) groups excluding carboxylic acids is 1. The lowest BCUT2D eigenvalue weighted by Crippen LogP contribution is -2.31. The molecule has 1 aromatic heterocycles. The van der Waals surface area contributed by atoms with Crippen LogP contribution in [-0.2, 0) is 4.79 Å². The van der Waals surface area contributed by atoms with Crippen LogP contribution in [0.15, 0.2) is 53.7 Å². The molecule has 31 heavy (non-hydrogen) atoms. The third-order valence-electron chi connectivity index (χ3n) is 5.25. The molecule has 0 saturated carbocycles. The van der Waals surface area contributed by atoms with E-state index < -0.39 is 0 Å². The largest absolute Gasteiger partial charge is 0.495 e. The van der Waals surface area contributed by atoms with Crippen molar-refractivity contribution in [2.45, 2.75) is 31.3 Å². The standard InChI is InChI=1S/C23H27N5O2S/c1-17-10-12-18(13-11-17)24-21(29)16-31-23-26-25-22(27-14-6-3-7-15-27)28(23)19-8-4-5-9-20(19)30-2/h4-5,8-13H,3,6-7,14-16H2,1-2H3,(H,24,29). The minimum absolute atomic E-state index is 0.0806.